The SMILES string of the molecule is O=C([C@H]1CCC[NH+](Cc2ccc([N+](=O)[O-])cc2)C1)N1CCC(Cc2ccccc2)CC1. The van der Waals surface area contributed by atoms with Crippen LogP contribution in [0, 0.1) is 22.0 Å². The quantitative estimate of drug-likeness (QED) is 0.575. The van der Waals surface area contributed by atoms with Crippen LogP contribution in [-0.4, -0.2) is 41.9 Å². The molecule has 2 aromatic rings. The number of hydrogen-bond acceptors (Lipinski definition) is 3. The highest BCUT2D eigenvalue weighted by Crippen LogP contribution is 2.24. The van der Waals surface area contributed by atoms with Gasteiger partial charge in [0.25, 0.3) is 5.69 Å². The Morgan fingerprint density at radius 3 is 2.39 bits per heavy atom. The number of carbonyl (C=O) groups excluding carboxylic acids is 1. The summed E-state index contributed by atoms with van der Waals surface area (Å²) in [5.41, 5.74) is 2.61. The summed E-state index contributed by atoms with van der Waals surface area (Å²) in [6, 6.07) is 17.5. The Labute approximate surface area is 184 Å². The van der Waals surface area contributed by atoms with Crippen molar-refractivity contribution in [2.24, 2.45) is 11.8 Å². The van der Waals surface area contributed by atoms with Gasteiger partial charge in [-0.1, -0.05) is 30.3 Å². The van der Waals surface area contributed by atoms with Crippen LogP contribution in [0.4, 0.5) is 5.69 Å². The van der Waals surface area contributed by atoms with Gasteiger partial charge in [-0.3, -0.25) is 14.9 Å². The molecule has 31 heavy (non-hydrogen) atoms. The lowest BCUT2D eigenvalue weighted by atomic mass is 9.89. The van der Waals surface area contributed by atoms with Crippen molar-refractivity contribution in [2.75, 3.05) is 26.2 Å². The molecule has 0 aromatic heterocycles. The topological polar surface area (TPSA) is 67.9 Å². The van der Waals surface area contributed by atoms with Crippen molar-refractivity contribution in [1.29, 1.82) is 0 Å². The van der Waals surface area contributed by atoms with Crippen LogP contribution in [0.3, 0.4) is 0 Å². The molecule has 0 radical (unpaired) electrons. The fraction of sp³-hybridized carbons (Fsp3) is 0.480. The Balaban J connectivity index is 1.26. The number of nitro groups is 1. The average Bonchev–Trinajstić information content (AvgIpc) is 2.80. The van der Waals surface area contributed by atoms with Crippen molar-refractivity contribution in [2.45, 2.75) is 38.6 Å². The van der Waals surface area contributed by atoms with Crippen LogP contribution in [0.2, 0.25) is 0 Å². The molecule has 1 amide bonds. The van der Waals surface area contributed by atoms with Gasteiger partial charge in [0.2, 0.25) is 5.91 Å². The predicted molar refractivity (Wildman–Crippen MR) is 120 cm³/mol. The summed E-state index contributed by atoms with van der Waals surface area (Å²) < 4.78 is 0. The molecular formula is C25H32N3O3+. The predicted octanol–water partition coefficient (Wildman–Crippen LogP) is 2.87. The number of quaternary nitrogens is 1. The van der Waals surface area contributed by atoms with Crippen molar-refractivity contribution < 1.29 is 14.6 Å². The second-order valence-electron chi connectivity index (χ2n) is 9.10. The zero-order valence-corrected chi connectivity index (χ0v) is 18.0. The van der Waals surface area contributed by atoms with Crippen LogP contribution in [0.15, 0.2) is 54.6 Å². The van der Waals surface area contributed by atoms with E-state index in [1.165, 1.54) is 10.5 Å². The van der Waals surface area contributed by atoms with Crippen molar-refractivity contribution in [3.63, 3.8) is 0 Å². The molecule has 0 bridgehead atoms. The summed E-state index contributed by atoms with van der Waals surface area (Å²) in [5.74, 6) is 1.11. The average molecular weight is 423 g/mol. The number of amides is 1. The Morgan fingerprint density at radius 1 is 1.00 bits per heavy atom. The maximum absolute atomic E-state index is 13.2. The van der Waals surface area contributed by atoms with Gasteiger partial charge in [0, 0.05) is 30.8 Å². The summed E-state index contributed by atoms with van der Waals surface area (Å²) in [4.78, 5) is 27.1. The third-order valence-corrected chi connectivity index (χ3v) is 6.86. The number of carbonyl (C=O) groups is 1. The molecule has 2 atom stereocenters. The zero-order valence-electron chi connectivity index (χ0n) is 18.0. The van der Waals surface area contributed by atoms with E-state index in [9.17, 15) is 14.9 Å². The Kier molecular flexibility index (Phi) is 6.97. The fourth-order valence-electron chi connectivity index (χ4n) is 5.11. The summed E-state index contributed by atoms with van der Waals surface area (Å²) in [7, 11) is 0. The van der Waals surface area contributed by atoms with Crippen molar-refractivity contribution >= 4 is 11.6 Å². The van der Waals surface area contributed by atoms with E-state index in [4.69, 9.17) is 0 Å². The second-order valence-corrected chi connectivity index (χ2v) is 9.10. The summed E-state index contributed by atoms with van der Waals surface area (Å²) in [5, 5.41) is 10.8. The first-order valence-corrected chi connectivity index (χ1v) is 11.5. The molecule has 0 aliphatic carbocycles. The minimum atomic E-state index is -0.366. The molecule has 6 heteroatoms. The highest BCUT2D eigenvalue weighted by molar-refractivity contribution is 5.79. The fourth-order valence-corrected chi connectivity index (χ4v) is 5.11. The van der Waals surface area contributed by atoms with Crippen LogP contribution >= 0.6 is 0 Å². The number of benzene rings is 2. The number of hydrogen-bond donors (Lipinski definition) is 1. The maximum atomic E-state index is 13.2. The van der Waals surface area contributed by atoms with E-state index in [2.05, 4.69) is 35.2 Å². The van der Waals surface area contributed by atoms with Crippen molar-refractivity contribution in [3.05, 3.63) is 75.8 Å². The molecule has 0 saturated carbocycles. The first-order chi connectivity index (χ1) is 15.1. The molecule has 2 fully saturated rings. The minimum Gasteiger partial charge on any atom is -0.342 e. The summed E-state index contributed by atoms with van der Waals surface area (Å²) in [6.07, 6.45) is 5.33. The smallest absolute Gasteiger partial charge is 0.269 e. The Hall–Kier alpha value is -2.73. The molecule has 6 nitrogen and oxygen atoms in total. The van der Waals surface area contributed by atoms with Gasteiger partial charge in [-0.05, 0) is 55.7 Å². The van der Waals surface area contributed by atoms with E-state index in [-0.39, 0.29) is 16.5 Å². The lowest BCUT2D eigenvalue weighted by Gasteiger charge is -2.36. The van der Waals surface area contributed by atoms with Crippen molar-refractivity contribution in [3.8, 4) is 0 Å². The van der Waals surface area contributed by atoms with Gasteiger partial charge in [-0.25, -0.2) is 0 Å². The number of likely N-dealkylation sites (tertiary alicyclic amines) is 2. The lowest BCUT2D eigenvalue weighted by molar-refractivity contribution is -0.921. The third-order valence-electron chi connectivity index (χ3n) is 6.86. The molecule has 2 aliphatic heterocycles. The maximum Gasteiger partial charge on any atom is 0.269 e. The Bertz CT molecular complexity index is 877. The number of nitrogens with zero attached hydrogens (tertiary/aromatic N) is 2. The monoisotopic (exact) mass is 422 g/mol. The largest absolute Gasteiger partial charge is 0.342 e. The molecule has 2 saturated heterocycles. The van der Waals surface area contributed by atoms with E-state index < -0.39 is 0 Å². The molecule has 2 aliphatic rings. The van der Waals surface area contributed by atoms with Gasteiger partial charge in [0.05, 0.1) is 23.9 Å². The third kappa shape index (κ3) is 5.70. The molecule has 2 heterocycles. The molecular weight excluding hydrogens is 390 g/mol. The van der Waals surface area contributed by atoms with E-state index in [1.807, 2.05) is 12.1 Å². The van der Waals surface area contributed by atoms with Crippen molar-refractivity contribution in [1.82, 2.24) is 4.90 Å². The second kappa shape index (κ2) is 10.1. The normalized spacial score (nSPS) is 22.3. The molecule has 164 valence electrons. The number of nitro benzene ring substituents is 1. The Morgan fingerprint density at radius 2 is 1.71 bits per heavy atom. The van der Waals surface area contributed by atoms with Crippen LogP contribution in [0.5, 0.6) is 0 Å². The van der Waals surface area contributed by atoms with E-state index in [0.29, 0.717) is 11.8 Å². The summed E-state index contributed by atoms with van der Waals surface area (Å²) >= 11 is 0. The first-order valence-electron chi connectivity index (χ1n) is 11.5. The number of piperidine rings is 2. The van der Waals surface area contributed by atoms with Gasteiger partial charge in [0.15, 0.2) is 0 Å². The van der Waals surface area contributed by atoms with Gasteiger partial charge < -0.3 is 9.80 Å². The van der Waals surface area contributed by atoms with Gasteiger partial charge in [0.1, 0.15) is 6.54 Å². The lowest BCUT2D eigenvalue weighted by Crippen LogP contribution is -3.12. The highest BCUT2D eigenvalue weighted by Gasteiger charge is 2.33. The van der Waals surface area contributed by atoms with Crippen LogP contribution in [-0.2, 0) is 17.8 Å². The zero-order chi connectivity index (χ0) is 21.6. The van der Waals surface area contributed by atoms with Crippen LogP contribution < -0.4 is 4.90 Å². The molecule has 0 spiro atoms. The van der Waals surface area contributed by atoms with E-state index in [1.54, 1.807) is 12.1 Å². The van der Waals surface area contributed by atoms with E-state index >= 15 is 0 Å². The first kappa shape index (κ1) is 21.5. The standard InChI is InChI=1S/C25H31N3O3/c29-25(27-15-12-21(13-16-27)17-20-5-2-1-3-6-20)23-7-4-14-26(19-23)18-22-8-10-24(11-9-22)28(30)31/h1-3,5-6,8-11,21,23H,4,7,12-19H2/p+1/t23-/m0/s1. The molecule has 2 aromatic carbocycles. The number of non-ortho nitro benzene ring substituents is 1. The minimum absolute atomic E-state index is 0.104. The number of nitrogens with one attached hydrogen (secondary N) is 1. The molecule has 1 unspecified atom stereocenters. The highest BCUT2D eigenvalue weighted by atomic mass is 16.6. The van der Waals surface area contributed by atoms with E-state index in [0.717, 1.165) is 70.4 Å². The number of rotatable bonds is 6. The van der Waals surface area contributed by atoms with Crippen LogP contribution in [0.25, 0.3) is 0 Å². The molecule has 1 N–H and O–H groups in total. The molecule has 4 rings (SSSR count). The van der Waals surface area contributed by atoms with Gasteiger partial charge >= 0.3 is 0 Å². The summed E-state index contributed by atoms with van der Waals surface area (Å²) in [6.45, 7) is 4.50. The van der Waals surface area contributed by atoms with Gasteiger partial charge in [-0.15, -0.1) is 0 Å². The van der Waals surface area contributed by atoms with Gasteiger partial charge in [-0.2, -0.15) is 0 Å². The van der Waals surface area contributed by atoms with Crippen LogP contribution in [0.1, 0.15) is 36.8 Å².